The van der Waals surface area contributed by atoms with Gasteiger partial charge in [0.25, 0.3) is 0 Å². The molecule has 0 bridgehead atoms. The average molecular weight is 427 g/mol. The summed E-state index contributed by atoms with van der Waals surface area (Å²) in [5, 5.41) is 25.0. The standard InChI is InChI=1S/C26H26N4O2/c1-17(2)29-23-13-19(15-27)5-11-25(23)31-21-7-9-22(10-8-21)32-26-12-6-20(16-28)14-24(26)30-18(3)4/h5-14,17-18,29-30H,1-4H3. The lowest BCUT2D eigenvalue weighted by molar-refractivity contribution is 0.470. The molecule has 0 amide bonds. The van der Waals surface area contributed by atoms with E-state index in [1.54, 1.807) is 36.4 Å². The predicted octanol–water partition coefficient (Wildman–Crippen LogP) is 6.66. The molecule has 2 N–H and O–H groups in total. The summed E-state index contributed by atoms with van der Waals surface area (Å²) >= 11 is 0. The van der Waals surface area contributed by atoms with E-state index in [2.05, 4.69) is 22.8 Å². The molecular formula is C26H26N4O2. The Balaban J connectivity index is 1.78. The lowest BCUT2D eigenvalue weighted by atomic mass is 10.2. The second-order valence-electron chi connectivity index (χ2n) is 7.92. The first kappa shape index (κ1) is 22.5. The average Bonchev–Trinajstić information content (AvgIpc) is 2.76. The van der Waals surface area contributed by atoms with Crippen LogP contribution in [0.15, 0.2) is 60.7 Å². The van der Waals surface area contributed by atoms with Crippen molar-refractivity contribution in [3.63, 3.8) is 0 Å². The molecule has 0 heterocycles. The summed E-state index contributed by atoms with van der Waals surface area (Å²) in [7, 11) is 0. The number of anilines is 2. The van der Waals surface area contributed by atoms with Gasteiger partial charge in [0, 0.05) is 12.1 Å². The molecule has 3 aromatic rings. The summed E-state index contributed by atoms with van der Waals surface area (Å²) in [6, 6.07) is 22.6. The van der Waals surface area contributed by atoms with Crippen LogP contribution in [0.2, 0.25) is 0 Å². The molecule has 0 saturated carbocycles. The summed E-state index contributed by atoms with van der Waals surface area (Å²) in [6.07, 6.45) is 0. The van der Waals surface area contributed by atoms with E-state index in [4.69, 9.17) is 9.47 Å². The molecule has 0 fully saturated rings. The van der Waals surface area contributed by atoms with Gasteiger partial charge in [-0.25, -0.2) is 0 Å². The van der Waals surface area contributed by atoms with Crippen LogP contribution >= 0.6 is 0 Å². The summed E-state index contributed by atoms with van der Waals surface area (Å²) < 4.78 is 12.1. The van der Waals surface area contributed by atoms with Gasteiger partial charge in [-0.15, -0.1) is 0 Å². The van der Waals surface area contributed by atoms with Gasteiger partial charge in [-0.2, -0.15) is 10.5 Å². The predicted molar refractivity (Wildman–Crippen MR) is 126 cm³/mol. The second kappa shape index (κ2) is 10.2. The Bertz CT molecular complexity index is 1060. The number of benzene rings is 3. The molecule has 162 valence electrons. The zero-order valence-corrected chi connectivity index (χ0v) is 18.6. The maximum absolute atomic E-state index is 9.17. The van der Waals surface area contributed by atoms with Crippen LogP contribution in [0.4, 0.5) is 11.4 Å². The van der Waals surface area contributed by atoms with Crippen LogP contribution < -0.4 is 20.1 Å². The number of hydrogen-bond acceptors (Lipinski definition) is 6. The van der Waals surface area contributed by atoms with Crippen molar-refractivity contribution in [1.82, 2.24) is 0 Å². The minimum absolute atomic E-state index is 0.197. The molecule has 3 aromatic carbocycles. The molecule has 0 aliphatic rings. The fourth-order valence-corrected chi connectivity index (χ4v) is 3.05. The van der Waals surface area contributed by atoms with E-state index in [1.807, 2.05) is 52.0 Å². The summed E-state index contributed by atoms with van der Waals surface area (Å²) in [4.78, 5) is 0. The van der Waals surface area contributed by atoms with Gasteiger partial charge in [-0.3, -0.25) is 0 Å². The quantitative estimate of drug-likeness (QED) is 0.419. The molecule has 0 atom stereocenters. The Kier molecular flexibility index (Phi) is 7.21. The van der Waals surface area contributed by atoms with Crippen molar-refractivity contribution in [1.29, 1.82) is 10.5 Å². The first-order valence-corrected chi connectivity index (χ1v) is 10.4. The monoisotopic (exact) mass is 426 g/mol. The summed E-state index contributed by atoms with van der Waals surface area (Å²) in [5.41, 5.74) is 2.66. The van der Waals surface area contributed by atoms with Gasteiger partial charge in [-0.1, -0.05) is 0 Å². The van der Waals surface area contributed by atoms with E-state index in [9.17, 15) is 10.5 Å². The summed E-state index contributed by atoms with van der Waals surface area (Å²) in [6.45, 7) is 8.11. The van der Waals surface area contributed by atoms with E-state index in [1.165, 1.54) is 0 Å². The molecule has 0 unspecified atom stereocenters. The number of nitrogens with zero attached hydrogens (tertiary/aromatic N) is 2. The van der Waals surface area contributed by atoms with E-state index in [0.717, 1.165) is 11.4 Å². The van der Waals surface area contributed by atoms with Crippen molar-refractivity contribution < 1.29 is 9.47 Å². The third-order valence-electron chi connectivity index (χ3n) is 4.39. The fraction of sp³-hybridized carbons (Fsp3) is 0.231. The minimum Gasteiger partial charge on any atom is -0.455 e. The highest BCUT2D eigenvalue weighted by atomic mass is 16.5. The maximum atomic E-state index is 9.17. The number of nitriles is 2. The maximum Gasteiger partial charge on any atom is 0.150 e. The normalized spacial score (nSPS) is 10.4. The highest BCUT2D eigenvalue weighted by Crippen LogP contribution is 2.34. The van der Waals surface area contributed by atoms with Crippen LogP contribution in [-0.2, 0) is 0 Å². The second-order valence-corrected chi connectivity index (χ2v) is 7.92. The van der Waals surface area contributed by atoms with Gasteiger partial charge >= 0.3 is 0 Å². The zero-order chi connectivity index (χ0) is 23.1. The van der Waals surface area contributed by atoms with E-state index < -0.39 is 0 Å². The highest BCUT2D eigenvalue weighted by molar-refractivity contribution is 5.63. The largest absolute Gasteiger partial charge is 0.455 e. The van der Waals surface area contributed by atoms with Gasteiger partial charge in [0.05, 0.1) is 34.6 Å². The summed E-state index contributed by atoms with van der Waals surface area (Å²) in [5.74, 6) is 2.58. The molecule has 0 aliphatic carbocycles. The van der Waals surface area contributed by atoms with Gasteiger partial charge < -0.3 is 20.1 Å². The van der Waals surface area contributed by atoms with Crippen LogP contribution in [-0.4, -0.2) is 12.1 Å². The molecule has 6 nitrogen and oxygen atoms in total. The van der Waals surface area contributed by atoms with Crippen molar-refractivity contribution in [3.8, 4) is 35.1 Å². The van der Waals surface area contributed by atoms with E-state index in [-0.39, 0.29) is 12.1 Å². The van der Waals surface area contributed by atoms with Crippen molar-refractivity contribution in [2.45, 2.75) is 39.8 Å². The molecule has 0 aromatic heterocycles. The van der Waals surface area contributed by atoms with Crippen LogP contribution in [0.25, 0.3) is 0 Å². The molecule has 32 heavy (non-hydrogen) atoms. The van der Waals surface area contributed by atoms with Crippen LogP contribution in [0.1, 0.15) is 38.8 Å². The Hall–Kier alpha value is -4.16. The third-order valence-corrected chi connectivity index (χ3v) is 4.39. The van der Waals surface area contributed by atoms with Crippen molar-refractivity contribution >= 4 is 11.4 Å². The van der Waals surface area contributed by atoms with Crippen molar-refractivity contribution in [3.05, 3.63) is 71.8 Å². The number of rotatable bonds is 8. The lowest BCUT2D eigenvalue weighted by Crippen LogP contribution is -2.10. The Morgan fingerprint density at radius 2 is 1.00 bits per heavy atom. The molecule has 0 saturated heterocycles. The molecule has 3 rings (SSSR count). The fourth-order valence-electron chi connectivity index (χ4n) is 3.05. The topological polar surface area (TPSA) is 90.1 Å². The Morgan fingerprint density at radius 3 is 1.31 bits per heavy atom. The smallest absolute Gasteiger partial charge is 0.150 e. The van der Waals surface area contributed by atoms with Crippen LogP contribution in [0.5, 0.6) is 23.0 Å². The van der Waals surface area contributed by atoms with Gasteiger partial charge in [0.2, 0.25) is 0 Å². The van der Waals surface area contributed by atoms with Gasteiger partial charge in [-0.05, 0) is 88.4 Å². The molecule has 0 spiro atoms. The number of nitrogens with one attached hydrogen (secondary N) is 2. The van der Waals surface area contributed by atoms with Gasteiger partial charge in [0.15, 0.2) is 11.5 Å². The van der Waals surface area contributed by atoms with Crippen LogP contribution in [0, 0.1) is 22.7 Å². The number of hydrogen-bond donors (Lipinski definition) is 2. The third kappa shape index (κ3) is 5.93. The Morgan fingerprint density at radius 1 is 0.625 bits per heavy atom. The van der Waals surface area contributed by atoms with Crippen LogP contribution in [0.3, 0.4) is 0 Å². The first-order valence-electron chi connectivity index (χ1n) is 10.4. The van der Waals surface area contributed by atoms with Crippen molar-refractivity contribution in [2.75, 3.05) is 10.6 Å². The lowest BCUT2D eigenvalue weighted by Gasteiger charge is -2.17. The number of ether oxygens (including phenoxy) is 2. The first-order chi connectivity index (χ1) is 15.4. The zero-order valence-electron chi connectivity index (χ0n) is 18.6. The Labute approximate surface area is 189 Å². The molecular weight excluding hydrogens is 400 g/mol. The molecule has 0 radical (unpaired) electrons. The molecule has 0 aliphatic heterocycles. The van der Waals surface area contributed by atoms with Crippen molar-refractivity contribution in [2.24, 2.45) is 0 Å². The SMILES string of the molecule is CC(C)Nc1cc(C#N)ccc1Oc1ccc(Oc2ccc(C#N)cc2NC(C)C)cc1. The molecule has 6 heteroatoms. The van der Waals surface area contributed by atoms with E-state index >= 15 is 0 Å². The van der Waals surface area contributed by atoms with Gasteiger partial charge in [0.1, 0.15) is 11.5 Å². The highest BCUT2D eigenvalue weighted by Gasteiger charge is 2.10. The minimum atomic E-state index is 0.197. The van der Waals surface area contributed by atoms with E-state index in [0.29, 0.717) is 34.1 Å².